The Hall–Kier alpha value is -0.420. The average molecular weight is 226 g/mol. The lowest BCUT2D eigenvalue weighted by Crippen LogP contribution is -2.21. The van der Waals surface area contributed by atoms with Crippen LogP contribution in [0.4, 0.5) is 0 Å². The van der Waals surface area contributed by atoms with Gasteiger partial charge in [-0.1, -0.05) is 6.92 Å². The largest absolute Gasteiger partial charge is 0.481 e. The second-order valence-corrected chi connectivity index (χ2v) is 4.95. The lowest BCUT2D eigenvalue weighted by Gasteiger charge is -2.17. The Bertz CT molecular complexity index is 238. The molecule has 0 amide bonds. The zero-order valence-corrected chi connectivity index (χ0v) is 9.23. The Morgan fingerprint density at radius 1 is 1.50 bits per heavy atom. The maximum atomic E-state index is 11.3. The van der Waals surface area contributed by atoms with Crippen LogP contribution in [0.1, 0.15) is 27.2 Å². The van der Waals surface area contributed by atoms with E-state index in [1.165, 1.54) is 6.92 Å². The van der Waals surface area contributed by atoms with Crippen LogP contribution in [0.5, 0.6) is 0 Å². The Morgan fingerprint density at radius 3 is 2.29 bits per heavy atom. The molecule has 7 heteroatoms. The van der Waals surface area contributed by atoms with Gasteiger partial charge in [0.2, 0.25) is 0 Å². The molecule has 0 spiro atoms. The van der Waals surface area contributed by atoms with E-state index in [0.717, 1.165) is 0 Å². The van der Waals surface area contributed by atoms with Gasteiger partial charge in [0.05, 0.1) is 6.10 Å². The molecule has 0 aromatic rings. The van der Waals surface area contributed by atoms with E-state index in [0.29, 0.717) is 0 Å². The predicted molar refractivity (Wildman–Crippen MR) is 48.8 cm³/mol. The quantitative estimate of drug-likeness (QED) is 0.404. The molecule has 0 radical (unpaired) electrons. The van der Waals surface area contributed by atoms with Gasteiger partial charge in [0.1, 0.15) is 0 Å². The van der Waals surface area contributed by atoms with Crippen molar-refractivity contribution in [1.29, 1.82) is 0 Å². The van der Waals surface area contributed by atoms with Gasteiger partial charge < -0.3 is 10.00 Å². The highest BCUT2D eigenvalue weighted by molar-refractivity contribution is 7.54. The minimum absolute atomic E-state index is 0.00453. The molecular formula is C7H15O6P. The maximum Gasteiger partial charge on any atom is 0.369 e. The summed E-state index contributed by atoms with van der Waals surface area (Å²) in [6.45, 7) is 4.68. The standard InChI is InChI=1S/C7H15O6P/c1-4-6(7(8)9)14(10,11)13-12-5(2)3/h5-6H,4H2,1-3H3,(H,8,9)(H,10,11). The number of rotatable bonds is 6. The van der Waals surface area contributed by atoms with Crippen LogP contribution in [0.2, 0.25) is 0 Å². The first-order valence-electron chi connectivity index (χ1n) is 4.21. The molecule has 0 aliphatic heterocycles. The summed E-state index contributed by atoms with van der Waals surface area (Å²) in [5.74, 6) is -1.37. The van der Waals surface area contributed by atoms with Gasteiger partial charge in [-0.05, 0) is 20.3 Å². The molecule has 0 saturated carbocycles. The molecule has 0 aromatic heterocycles. The van der Waals surface area contributed by atoms with Gasteiger partial charge in [-0.3, -0.25) is 9.36 Å². The molecule has 2 unspecified atom stereocenters. The van der Waals surface area contributed by atoms with Crippen molar-refractivity contribution in [3.05, 3.63) is 0 Å². The fraction of sp³-hybridized carbons (Fsp3) is 0.857. The van der Waals surface area contributed by atoms with Crippen molar-refractivity contribution in [1.82, 2.24) is 0 Å². The Kier molecular flexibility index (Phi) is 5.29. The van der Waals surface area contributed by atoms with E-state index in [-0.39, 0.29) is 6.42 Å². The van der Waals surface area contributed by atoms with Crippen molar-refractivity contribution in [3.8, 4) is 0 Å². The second-order valence-electron chi connectivity index (χ2n) is 3.05. The minimum atomic E-state index is -4.23. The molecule has 0 aliphatic rings. The van der Waals surface area contributed by atoms with Crippen LogP contribution in [-0.4, -0.2) is 27.7 Å². The molecule has 0 heterocycles. The van der Waals surface area contributed by atoms with Gasteiger partial charge in [-0.2, -0.15) is 0 Å². The molecule has 14 heavy (non-hydrogen) atoms. The number of hydrogen-bond donors (Lipinski definition) is 2. The van der Waals surface area contributed by atoms with Crippen molar-refractivity contribution in [2.24, 2.45) is 0 Å². The second kappa shape index (κ2) is 5.46. The van der Waals surface area contributed by atoms with E-state index < -0.39 is 25.3 Å². The number of hydrogen-bond acceptors (Lipinski definition) is 4. The lowest BCUT2D eigenvalue weighted by molar-refractivity contribution is -0.241. The van der Waals surface area contributed by atoms with Crippen molar-refractivity contribution < 1.29 is 28.9 Å². The van der Waals surface area contributed by atoms with Crippen molar-refractivity contribution in [2.75, 3.05) is 0 Å². The molecule has 0 fully saturated rings. The molecule has 0 aliphatic carbocycles. The number of carbonyl (C=O) groups is 1. The van der Waals surface area contributed by atoms with E-state index in [4.69, 9.17) is 5.11 Å². The van der Waals surface area contributed by atoms with Crippen LogP contribution < -0.4 is 0 Å². The van der Waals surface area contributed by atoms with Gasteiger partial charge in [0, 0.05) is 0 Å². The summed E-state index contributed by atoms with van der Waals surface area (Å²) in [6, 6.07) is 0. The van der Waals surface area contributed by atoms with Crippen LogP contribution >= 0.6 is 7.60 Å². The van der Waals surface area contributed by atoms with Crippen LogP contribution in [-0.2, 0) is 18.9 Å². The van der Waals surface area contributed by atoms with E-state index in [1.54, 1.807) is 13.8 Å². The highest BCUT2D eigenvalue weighted by Crippen LogP contribution is 2.49. The third-order valence-electron chi connectivity index (χ3n) is 1.41. The smallest absolute Gasteiger partial charge is 0.369 e. The summed E-state index contributed by atoms with van der Waals surface area (Å²) < 4.78 is 15.6. The monoisotopic (exact) mass is 226 g/mol. The molecule has 84 valence electrons. The Morgan fingerprint density at radius 2 is 2.00 bits per heavy atom. The fourth-order valence-corrected chi connectivity index (χ4v) is 1.88. The topological polar surface area (TPSA) is 93.1 Å². The number of carboxylic acid groups (broad SMARTS) is 1. The number of aliphatic carboxylic acids is 1. The first-order chi connectivity index (χ1) is 6.31. The summed E-state index contributed by atoms with van der Waals surface area (Å²) in [5, 5.41) is 8.61. The van der Waals surface area contributed by atoms with E-state index in [1.807, 2.05) is 0 Å². The van der Waals surface area contributed by atoms with Gasteiger partial charge in [0.25, 0.3) is 0 Å². The van der Waals surface area contributed by atoms with Crippen LogP contribution in [0, 0.1) is 0 Å². The van der Waals surface area contributed by atoms with Crippen LogP contribution in [0.25, 0.3) is 0 Å². The molecule has 2 N–H and O–H groups in total. The lowest BCUT2D eigenvalue weighted by atomic mass is 10.3. The third kappa shape index (κ3) is 4.19. The van der Waals surface area contributed by atoms with E-state index >= 15 is 0 Å². The van der Waals surface area contributed by atoms with Gasteiger partial charge in [-0.15, -0.1) is 4.67 Å². The van der Waals surface area contributed by atoms with Crippen molar-refractivity contribution in [2.45, 2.75) is 39.0 Å². The molecule has 6 nitrogen and oxygen atoms in total. The van der Waals surface area contributed by atoms with Gasteiger partial charge in [-0.25, -0.2) is 4.89 Å². The minimum Gasteiger partial charge on any atom is -0.481 e. The molecule has 0 bridgehead atoms. The SMILES string of the molecule is CCC(C(=O)O)P(=O)(O)OOC(C)C. The average Bonchev–Trinajstić information content (AvgIpc) is 2.01. The summed E-state index contributed by atoms with van der Waals surface area (Å²) in [4.78, 5) is 24.2. The zero-order chi connectivity index (χ0) is 11.4. The normalized spacial score (nSPS) is 17.8. The first-order valence-corrected chi connectivity index (χ1v) is 5.86. The van der Waals surface area contributed by atoms with Crippen molar-refractivity contribution in [3.63, 3.8) is 0 Å². The fourth-order valence-electron chi connectivity index (χ4n) is 0.745. The van der Waals surface area contributed by atoms with Crippen molar-refractivity contribution >= 4 is 13.6 Å². The van der Waals surface area contributed by atoms with Gasteiger partial charge in [0.15, 0.2) is 5.66 Å². The molecular weight excluding hydrogens is 211 g/mol. The summed E-state index contributed by atoms with van der Waals surface area (Å²) in [5.41, 5.74) is -1.44. The number of carboxylic acids is 1. The highest BCUT2D eigenvalue weighted by atomic mass is 31.2. The predicted octanol–water partition coefficient (Wildman–Crippen LogP) is 1.39. The molecule has 0 rings (SSSR count). The summed E-state index contributed by atoms with van der Waals surface area (Å²) in [7, 11) is -4.23. The molecule has 2 atom stereocenters. The van der Waals surface area contributed by atoms with Crippen LogP contribution in [0.3, 0.4) is 0 Å². The summed E-state index contributed by atoms with van der Waals surface area (Å²) >= 11 is 0. The van der Waals surface area contributed by atoms with Gasteiger partial charge >= 0.3 is 13.6 Å². The highest BCUT2D eigenvalue weighted by Gasteiger charge is 2.38. The van der Waals surface area contributed by atoms with Crippen LogP contribution in [0.15, 0.2) is 0 Å². The van der Waals surface area contributed by atoms with E-state index in [9.17, 15) is 14.3 Å². The first kappa shape index (κ1) is 13.6. The zero-order valence-electron chi connectivity index (χ0n) is 8.34. The molecule has 0 saturated heterocycles. The summed E-state index contributed by atoms with van der Waals surface area (Å²) in [6.07, 6.45) is -0.397. The third-order valence-corrected chi connectivity index (χ3v) is 3.08. The Balaban J connectivity index is 4.42. The maximum absolute atomic E-state index is 11.3. The molecule has 0 aromatic carbocycles. The van der Waals surface area contributed by atoms with E-state index in [2.05, 4.69) is 9.56 Å². The Labute approximate surface area is 82.3 Å².